The third-order valence-corrected chi connectivity index (χ3v) is 13.0. The average molecular weight is 569 g/mol. The number of carbonyl (C=O) groups excluding carboxylic acids is 2. The predicted octanol–water partition coefficient (Wildman–Crippen LogP) is 4.61. The number of rotatable bonds is 5. The minimum absolute atomic E-state index is 0.189. The zero-order valence-electron chi connectivity index (χ0n) is 24.9. The summed E-state index contributed by atoms with van der Waals surface area (Å²) in [6.07, 6.45) is 12.5. The van der Waals surface area contributed by atoms with Crippen LogP contribution in [0.5, 0.6) is 0 Å². The molecule has 0 saturated heterocycles. The second kappa shape index (κ2) is 10.4. The molecule has 4 saturated carbocycles. The number of aliphatic hydroxyl groups excluding tert-OH is 2. The Labute approximate surface area is 244 Å². The van der Waals surface area contributed by atoms with Crippen molar-refractivity contribution in [2.45, 2.75) is 128 Å². The Morgan fingerprint density at radius 1 is 1.05 bits per heavy atom. The molecule has 226 valence electrons. The topological polar surface area (TPSA) is 113 Å². The summed E-state index contributed by atoms with van der Waals surface area (Å²) in [6, 6.07) is 0. The van der Waals surface area contributed by atoms with Crippen LogP contribution in [0.25, 0.3) is 0 Å². The first-order chi connectivity index (χ1) is 19.5. The molecule has 7 nitrogen and oxygen atoms in total. The molecule has 1 spiro atoms. The summed E-state index contributed by atoms with van der Waals surface area (Å²) in [5.74, 6) is 5.73. The molecule has 0 aromatic carbocycles. The Hall–Kier alpha value is -1.88. The van der Waals surface area contributed by atoms with Crippen LogP contribution in [0.3, 0.4) is 0 Å². The van der Waals surface area contributed by atoms with Crippen LogP contribution in [-0.4, -0.2) is 58.3 Å². The Balaban J connectivity index is 1.45. The normalized spacial score (nSPS) is 44.0. The van der Waals surface area contributed by atoms with Crippen molar-refractivity contribution in [2.75, 3.05) is 13.2 Å². The average Bonchev–Trinajstić information content (AvgIpc) is 3.59. The van der Waals surface area contributed by atoms with Crippen molar-refractivity contribution in [3.63, 3.8) is 0 Å². The fourth-order valence-corrected chi connectivity index (χ4v) is 10.8. The molecule has 2 bridgehead atoms. The van der Waals surface area contributed by atoms with Gasteiger partial charge in [-0.05, 0) is 93.5 Å². The standard InChI is InChI=1S/C34H48O7/c1-30-12-4-3-7-27(37)41-25(20-30)29-31(2,24-9-16-32(17-10-24)13-5-6-14-32)15-11-26(36)33(29,22-35)34(30,39)18-8-23-19-28(38)40-21-23/h19,24-26,29,35-36,39H,3,5-11,13-18,20-22H2,1-2H3. The molecule has 7 unspecified atom stereocenters. The van der Waals surface area contributed by atoms with Crippen molar-refractivity contribution in [1.82, 2.24) is 0 Å². The van der Waals surface area contributed by atoms with Gasteiger partial charge in [0.2, 0.25) is 0 Å². The Morgan fingerprint density at radius 2 is 1.78 bits per heavy atom. The van der Waals surface area contributed by atoms with Crippen LogP contribution in [0, 0.1) is 45.3 Å². The Kier molecular flexibility index (Phi) is 7.40. The van der Waals surface area contributed by atoms with Crippen LogP contribution in [0.1, 0.15) is 110 Å². The van der Waals surface area contributed by atoms with Gasteiger partial charge in [-0.15, -0.1) is 5.92 Å². The SMILES string of the molecule is CC1(C2CCC3(CCCC3)CC2)CCC(O)C2(CO)C1C1CC(C)(C#CCCC(=O)O1)C2(O)CCC1=CC(=O)OC1. The summed E-state index contributed by atoms with van der Waals surface area (Å²) in [5, 5.41) is 36.6. The molecule has 0 aromatic heterocycles. The second-order valence-corrected chi connectivity index (χ2v) is 14.9. The zero-order chi connectivity index (χ0) is 29.1. The largest absolute Gasteiger partial charge is 0.462 e. The first kappa shape index (κ1) is 29.2. The van der Waals surface area contributed by atoms with Gasteiger partial charge in [-0.2, -0.15) is 0 Å². The first-order valence-corrected chi connectivity index (χ1v) is 16.1. The monoisotopic (exact) mass is 568 g/mol. The number of carbonyl (C=O) groups is 2. The van der Waals surface area contributed by atoms with E-state index in [-0.39, 0.29) is 36.8 Å². The maximum atomic E-state index is 13.1. The molecule has 0 aromatic rings. The quantitative estimate of drug-likeness (QED) is 0.328. The lowest BCUT2D eigenvalue weighted by Gasteiger charge is -2.70. The van der Waals surface area contributed by atoms with Gasteiger partial charge in [0.25, 0.3) is 0 Å². The fourth-order valence-electron chi connectivity index (χ4n) is 10.8. The van der Waals surface area contributed by atoms with Crippen molar-refractivity contribution in [2.24, 2.45) is 33.5 Å². The van der Waals surface area contributed by atoms with Crippen molar-refractivity contribution in [3.05, 3.63) is 11.6 Å². The molecular weight excluding hydrogens is 520 g/mol. The summed E-state index contributed by atoms with van der Waals surface area (Å²) >= 11 is 0. The molecule has 0 amide bonds. The summed E-state index contributed by atoms with van der Waals surface area (Å²) in [5.41, 5.74) is -3.04. The maximum absolute atomic E-state index is 13.1. The highest BCUT2D eigenvalue weighted by molar-refractivity contribution is 5.85. The number of cyclic esters (lactones) is 1. The molecule has 41 heavy (non-hydrogen) atoms. The Bertz CT molecular complexity index is 1150. The molecule has 3 N–H and O–H groups in total. The molecule has 7 heteroatoms. The third kappa shape index (κ3) is 4.42. The molecule has 4 aliphatic carbocycles. The summed E-state index contributed by atoms with van der Waals surface area (Å²) in [4.78, 5) is 24.9. The van der Waals surface area contributed by atoms with Gasteiger partial charge in [0.05, 0.1) is 35.6 Å². The van der Waals surface area contributed by atoms with Crippen LogP contribution < -0.4 is 0 Å². The zero-order valence-corrected chi connectivity index (χ0v) is 24.9. The molecule has 6 rings (SSSR count). The van der Waals surface area contributed by atoms with Crippen LogP contribution >= 0.6 is 0 Å². The van der Waals surface area contributed by atoms with E-state index in [1.54, 1.807) is 0 Å². The van der Waals surface area contributed by atoms with E-state index >= 15 is 0 Å². The van der Waals surface area contributed by atoms with Crippen LogP contribution in [0.4, 0.5) is 0 Å². The van der Waals surface area contributed by atoms with E-state index in [0.29, 0.717) is 37.0 Å². The van der Waals surface area contributed by atoms with E-state index in [4.69, 9.17) is 9.47 Å². The lowest BCUT2D eigenvalue weighted by molar-refractivity contribution is -0.321. The molecular formula is C34H48O7. The summed E-state index contributed by atoms with van der Waals surface area (Å²) in [6.45, 7) is 3.96. The van der Waals surface area contributed by atoms with Crippen LogP contribution in [0.15, 0.2) is 11.6 Å². The van der Waals surface area contributed by atoms with Gasteiger partial charge < -0.3 is 24.8 Å². The smallest absolute Gasteiger partial charge is 0.331 e. The van der Waals surface area contributed by atoms with Gasteiger partial charge in [0, 0.05) is 24.8 Å². The minimum atomic E-state index is -1.59. The second-order valence-electron chi connectivity index (χ2n) is 14.9. The number of fused-ring (bicyclic) bond motifs is 4. The number of hydrogen-bond donors (Lipinski definition) is 3. The van der Waals surface area contributed by atoms with Gasteiger partial charge in [0.15, 0.2) is 0 Å². The molecule has 4 fully saturated rings. The van der Waals surface area contributed by atoms with Crippen molar-refractivity contribution >= 4 is 11.9 Å². The van der Waals surface area contributed by atoms with E-state index in [2.05, 4.69) is 18.8 Å². The van der Waals surface area contributed by atoms with Gasteiger partial charge in [0.1, 0.15) is 12.7 Å². The summed E-state index contributed by atoms with van der Waals surface area (Å²) in [7, 11) is 0. The number of ether oxygens (including phenoxy) is 2. The molecule has 7 atom stereocenters. The molecule has 2 aliphatic heterocycles. The van der Waals surface area contributed by atoms with E-state index < -0.39 is 41.2 Å². The summed E-state index contributed by atoms with van der Waals surface area (Å²) < 4.78 is 11.4. The highest BCUT2D eigenvalue weighted by atomic mass is 16.5. The minimum Gasteiger partial charge on any atom is -0.462 e. The fraction of sp³-hybridized carbons (Fsp3) is 0.824. The van der Waals surface area contributed by atoms with Gasteiger partial charge >= 0.3 is 11.9 Å². The van der Waals surface area contributed by atoms with E-state index in [0.717, 1.165) is 24.8 Å². The molecule has 2 heterocycles. The highest BCUT2D eigenvalue weighted by Crippen LogP contribution is 2.70. The molecule has 6 aliphatic rings. The predicted molar refractivity (Wildman–Crippen MR) is 152 cm³/mol. The van der Waals surface area contributed by atoms with E-state index in [1.807, 2.05) is 6.92 Å². The third-order valence-electron chi connectivity index (χ3n) is 13.0. The lowest BCUT2D eigenvalue weighted by Crippen LogP contribution is -2.77. The van der Waals surface area contributed by atoms with Gasteiger partial charge in [-0.1, -0.05) is 25.7 Å². The Morgan fingerprint density at radius 3 is 2.44 bits per heavy atom. The van der Waals surface area contributed by atoms with Gasteiger partial charge in [-0.3, -0.25) is 4.79 Å². The maximum Gasteiger partial charge on any atom is 0.331 e. The van der Waals surface area contributed by atoms with E-state index in [1.165, 1.54) is 44.6 Å². The van der Waals surface area contributed by atoms with Gasteiger partial charge in [-0.25, -0.2) is 4.79 Å². The molecule has 0 radical (unpaired) electrons. The highest BCUT2D eigenvalue weighted by Gasteiger charge is 2.75. The number of esters is 2. The van der Waals surface area contributed by atoms with Crippen molar-refractivity contribution < 1.29 is 34.4 Å². The van der Waals surface area contributed by atoms with E-state index in [9.17, 15) is 24.9 Å². The van der Waals surface area contributed by atoms with Crippen LogP contribution in [0.2, 0.25) is 0 Å². The van der Waals surface area contributed by atoms with Crippen LogP contribution in [-0.2, 0) is 19.1 Å². The lowest BCUT2D eigenvalue weighted by atomic mass is 9.36. The number of aliphatic hydroxyl groups is 3. The number of hydrogen-bond acceptors (Lipinski definition) is 7. The first-order valence-electron chi connectivity index (χ1n) is 16.1. The van der Waals surface area contributed by atoms with Crippen molar-refractivity contribution in [3.8, 4) is 11.8 Å². The van der Waals surface area contributed by atoms with Crippen molar-refractivity contribution in [1.29, 1.82) is 0 Å².